The van der Waals surface area contributed by atoms with E-state index >= 15 is 0 Å². The molecule has 6 nitrogen and oxygen atoms in total. The number of non-ortho nitro benzene ring substituents is 1. The summed E-state index contributed by atoms with van der Waals surface area (Å²) in [4.78, 5) is 22.0. The number of carbonyl (C=O) groups is 1. The second-order valence-electron chi connectivity index (χ2n) is 5.71. The van der Waals surface area contributed by atoms with Crippen LogP contribution in [0.25, 0.3) is 0 Å². The van der Waals surface area contributed by atoms with Crippen LogP contribution < -0.4 is 9.47 Å². The van der Waals surface area contributed by atoms with E-state index in [1.165, 1.54) is 24.3 Å². The van der Waals surface area contributed by atoms with E-state index in [0.29, 0.717) is 5.75 Å². The zero-order valence-corrected chi connectivity index (χ0v) is 13.8. The Hall–Kier alpha value is -2.89. The predicted molar refractivity (Wildman–Crippen MR) is 89.5 cm³/mol. The molecule has 0 unspecified atom stereocenters. The van der Waals surface area contributed by atoms with E-state index in [9.17, 15) is 14.9 Å². The summed E-state index contributed by atoms with van der Waals surface area (Å²) in [5.74, 6) is 0.597. The van der Waals surface area contributed by atoms with Crippen LogP contribution in [0.15, 0.2) is 42.5 Å². The van der Waals surface area contributed by atoms with Crippen LogP contribution in [0.3, 0.4) is 0 Å². The highest BCUT2D eigenvalue weighted by molar-refractivity contribution is 5.74. The summed E-state index contributed by atoms with van der Waals surface area (Å²) in [6.07, 6.45) is 0. The Balaban J connectivity index is 1.98. The van der Waals surface area contributed by atoms with Crippen molar-refractivity contribution in [2.45, 2.75) is 26.7 Å². The molecule has 0 amide bonds. The fourth-order valence-electron chi connectivity index (χ4n) is 2.18. The minimum atomic E-state index is -0.569. The normalized spacial score (nSPS) is 10.5. The average Bonchev–Trinajstić information content (AvgIpc) is 2.53. The van der Waals surface area contributed by atoms with Crippen LogP contribution in [-0.4, -0.2) is 17.5 Å². The third kappa shape index (κ3) is 4.55. The number of rotatable bonds is 6. The first-order valence-corrected chi connectivity index (χ1v) is 7.55. The molecule has 0 fully saturated rings. The first-order valence-electron chi connectivity index (χ1n) is 7.55. The van der Waals surface area contributed by atoms with E-state index in [0.717, 1.165) is 11.1 Å². The van der Waals surface area contributed by atoms with Crippen molar-refractivity contribution in [3.8, 4) is 11.5 Å². The molecular formula is C18H19NO5. The Labute approximate surface area is 140 Å². The highest BCUT2D eigenvalue weighted by Crippen LogP contribution is 2.27. The molecule has 0 radical (unpaired) electrons. The van der Waals surface area contributed by atoms with Gasteiger partial charge >= 0.3 is 5.97 Å². The first-order chi connectivity index (χ1) is 11.4. The molecule has 0 N–H and O–H groups in total. The van der Waals surface area contributed by atoms with Gasteiger partial charge in [0.1, 0.15) is 11.5 Å². The summed E-state index contributed by atoms with van der Waals surface area (Å²) in [5, 5.41) is 10.6. The molecule has 0 spiro atoms. The number of nitrogens with zero attached hydrogens (tertiary/aromatic N) is 1. The van der Waals surface area contributed by atoms with Crippen LogP contribution in [0.2, 0.25) is 0 Å². The van der Waals surface area contributed by atoms with Crippen molar-refractivity contribution < 1.29 is 19.2 Å². The molecule has 2 rings (SSSR count). The molecule has 0 aliphatic heterocycles. The molecule has 0 atom stereocenters. The molecule has 2 aromatic rings. The van der Waals surface area contributed by atoms with Crippen molar-refractivity contribution in [3.63, 3.8) is 0 Å². The summed E-state index contributed by atoms with van der Waals surface area (Å²) in [5.41, 5.74) is 1.99. The van der Waals surface area contributed by atoms with E-state index in [-0.39, 0.29) is 24.0 Å². The zero-order chi connectivity index (χ0) is 17.7. The SMILES string of the molecule is Cc1ccc(C(C)C)c(OCC(=O)Oc2ccc([N+](=O)[O-])cc2)c1. The van der Waals surface area contributed by atoms with Crippen LogP contribution in [0.4, 0.5) is 5.69 Å². The van der Waals surface area contributed by atoms with Gasteiger partial charge in [0.25, 0.3) is 5.69 Å². The number of carbonyl (C=O) groups excluding carboxylic acids is 1. The second kappa shape index (κ2) is 7.59. The molecular weight excluding hydrogens is 310 g/mol. The van der Waals surface area contributed by atoms with E-state index in [2.05, 4.69) is 0 Å². The maximum absolute atomic E-state index is 11.9. The highest BCUT2D eigenvalue weighted by Gasteiger charge is 2.12. The monoisotopic (exact) mass is 329 g/mol. The minimum Gasteiger partial charge on any atom is -0.482 e. The van der Waals surface area contributed by atoms with Gasteiger partial charge in [-0.1, -0.05) is 26.0 Å². The summed E-state index contributed by atoms with van der Waals surface area (Å²) < 4.78 is 10.7. The van der Waals surface area contributed by atoms with Gasteiger partial charge in [-0.2, -0.15) is 0 Å². The van der Waals surface area contributed by atoms with Crippen LogP contribution in [0.1, 0.15) is 30.9 Å². The summed E-state index contributed by atoms with van der Waals surface area (Å²) in [6, 6.07) is 11.2. The fourth-order valence-corrected chi connectivity index (χ4v) is 2.18. The largest absolute Gasteiger partial charge is 0.482 e. The lowest BCUT2D eigenvalue weighted by molar-refractivity contribution is -0.384. The standard InChI is InChI=1S/C18H19NO5/c1-12(2)16-9-4-13(3)10-17(16)23-11-18(20)24-15-7-5-14(6-8-15)19(21)22/h4-10,12H,11H2,1-3H3. The first kappa shape index (κ1) is 17.5. The van der Waals surface area contributed by atoms with Crippen molar-refractivity contribution in [2.75, 3.05) is 6.61 Å². The number of nitro groups is 1. The molecule has 0 saturated heterocycles. The third-order valence-corrected chi connectivity index (χ3v) is 3.42. The van der Waals surface area contributed by atoms with E-state index in [4.69, 9.17) is 9.47 Å². The number of nitro benzene ring substituents is 1. The number of hydrogen-bond donors (Lipinski definition) is 0. The van der Waals surface area contributed by atoms with E-state index in [1.807, 2.05) is 39.0 Å². The van der Waals surface area contributed by atoms with E-state index < -0.39 is 10.9 Å². The Morgan fingerprint density at radius 1 is 1.17 bits per heavy atom. The zero-order valence-electron chi connectivity index (χ0n) is 13.8. The van der Waals surface area contributed by atoms with Gasteiger partial charge in [-0.05, 0) is 42.2 Å². The van der Waals surface area contributed by atoms with Crippen molar-refractivity contribution in [1.29, 1.82) is 0 Å². The number of aryl methyl sites for hydroxylation is 1. The Bertz CT molecular complexity index is 738. The lowest BCUT2D eigenvalue weighted by Gasteiger charge is -2.14. The number of esters is 1. The number of hydrogen-bond acceptors (Lipinski definition) is 5. The van der Waals surface area contributed by atoms with Crippen LogP contribution in [0.5, 0.6) is 11.5 Å². The van der Waals surface area contributed by atoms with Gasteiger partial charge in [0.05, 0.1) is 4.92 Å². The topological polar surface area (TPSA) is 78.7 Å². The van der Waals surface area contributed by atoms with Crippen molar-refractivity contribution in [2.24, 2.45) is 0 Å². The Kier molecular flexibility index (Phi) is 5.52. The van der Waals surface area contributed by atoms with Gasteiger partial charge in [0.15, 0.2) is 6.61 Å². The lowest BCUT2D eigenvalue weighted by atomic mass is 10.0. The van der Waals surface area contributed by atoms with Gasteiger partial charge in [0, 0.05) is 12.1 Å². The quantitative estimate of drug-likeness (QED) is 0.346. The van der Waals surface area contributed by atoms with Gasteiger partial charge in [-0.3, -0.25) is 10.1 Å². The molecule has 0 aliphatic rings. The average molecular weight is 329 g/mol. The number of benzene rings is 2. The maximum Gasteiger partial charge on any atom is 0.349 e. The van der Waals surface area contributed by atoms with Crippen LogP contribution >= 0.6 is 0 Å². The van der Waals surface area contributed by atoms with Gasteiger partial charge in [-0.15, -0.1) is 0 Å². The van der Waals surface area contributed by atoms with Gasteiger partial charge in [-0.25, -0.2) is 4.79 Å². The second-order valence-corrected chi connectivity index (χ2v) is 5.71. The molecule has 2 aromatic carbocycles. The molecule has 126 valence electrons. The third-order valence-electron chi connectivity index (χ3n) is 3.42. The summed E-state index contributed by atoms with van der Waals surface area (Å²) >= 11 is 0. The van der Waals surface area contributed by atoms with Crippen LogP contribution in [-0.2, 0) is 4.79 Å². The molecule has 0 heterocycles. The Morgan fingerprint density at radius 3 is 2.42 bits per heavy atom. The fraction of sp³-hybridized carbons (Fsp3) is 0.278. The molecule has 0 aromatic heterocycles. The molecule has 0 saturated carbocycles. The van der Waals surface area contributed by atoms with Crippen molar-refractivity contribution in [1.82, 2.24) is 0 Å². The predicted octanol–water partition coefficient (Wildman–Crippen LogP) is 4.01. The van der Waals surface area contributed by atoms with Crippen LogP contribution in [0, 0.1) is 17.0 Å². The minimum absolute atomic E-state index is 0.0626. The van der Waals surface area contributed by atoms with Crippen molar-refractivity contribution in [3.05, 3.63) is 63.7 Å². The van der Waals surface area contributed by atoms with Gasteiger partial charge in [0.2, 0.25) is 0 Å². The van der Waals surface area contributed by atoms with Crippen molar-refractivity contribution >= 4 is 11.7 Å². The van der Waals surface area contributed by atoms with E-state index in [1.54, 1.807) is 0 Å². The lowest BCUT2D eigenvalue weighted by Crippen LogP contribution is -2.18. The Morgan fingerprint density at radius 2 is 1.83 bits per heavy atom. The van der Waals surface area contributed by atoms with Gasteiger partial charge < -0.3 is 9.47 Å². The molecule has 6 heteroatoms. The summed E-state index contributed by atoms with van der Waals surface area (Å²) in [6.45, 7) is 5.81. The molecule has 0 aliphatic carbocycles. The molecule has 24 heavy (non-hydrogen) atoms. The molecule has 0 bridgehead atoms. The summed E-state index contributed by atoms with van der Waals surface area (Å²) in [7, 11) is 0. The number of ether oxygens (including phenoxy) is 2. The highest BCUT2D eigenvalue weighted by atomic mass is 16.6. The smallest absolute Gasteiger partial charge is 0.349 e. The maximum atomic E-state index is 11.9.